The van der Waals surface area contributed by atoms with Gasteiger partial charge in [-0.15, -0.1) is 0 Å². The van der Waals surface area contributed by atoms with Crippen molar-refractivity contribution in [1.29, 1.82) is 0 Å². The number of carbonyl (C=O) groups excluding carboxylic acids is 5. The monoisotopic (exact) mass is 552 g/mol. The Morgan fingerprint density at radius 2 is 1.33 bits per heavy atom. The van der Waals surface area contributed by atoms with E-state index >= 15 is 0 Å². The number of unbranched alkanes of at least 4 members (excludes halogenated alkanes) is 1. The third-order valence-corrected chi connectivity index (χ3v) is 7.28. The topological polar surface area (TPSA) is 182 Å². The molecule has 5 N–H and O–H groups in total. The molecule has 2 fully saturated rings. The maximum Gasteiger partial charge on any atom is 0.303 e. The van der Waals surface area contributed by atoms with Crippen LogP contribution in [-0.2, 0) is 28.8 Å². The molecule has 2 heterocycles. The van der Waals surface area contributed by atoms with Crippen molar-refractivity contribution in [3.8, 4) is 0 Å². The van der Waals surface area contributed by atoms with E-state index in [4.69, 9.17) is 10.8 Å². The van der Waals surface area contributed by atoms with Crippen LogP contribution in [0.2, 0.25) is 0 Å². The lowest BCUT2D eigenvalue weighted by molar-refractivity contribution is -0.138. The number of nitrogens with zero attached hydrogens (tertiary/aromatic N) is 3. The maximum atomic E-state index is 12.9. The van der Waals surface area contributed by atoms with Crippen molar-refractivity contribution in [2.24, 2.45) is 5.73 Å². The van der Waals surface area contributed by atoms with Crippen LogP contribution in [0.5, 0.6) is 0 Å². The number of hydrogen-bond donors (Lipinski definition) is 4. The summed E-state index contributed by atoms with van der Waals surface area (Å²) in [6, 6.07) is -1.85. The summed E-state index contributed by atoms with van der Waals surface area (Å²) in [5.74, 6) is -2.01. The standard InChI is InChI=1S/C26H44N6O7/c1-18(33)31-16-5-8-21(31)24(37)28-12-3-4-14-30(26(39)20(27)10-11-23(35)36)15-7-13-29-25(38)22-9-6-17-32(22)19(2)34/h20-22H,3-17,27H2,1-2H3,(H,28,37)(H,29,38)(H,35,36). The van der Waals surface area contributed by atoms with E-state index in [-0.39, 0.29) is 42.4 Å². The highest BCUT2D eigenvalue weighted by atomic mass is 16.4. The lowest BCUT2D eigenvalue weighted by atomic mass is 10.1. The first-order valence-corrected chi connectivity index (χ1v) is 13.9. The minimum absolute atomic E-state index is 0.0219. The van der Waals surface area contributed by atoms with Gasteiger partial charge in [0.2, 0.25) is 29.5 Å². The van der Waals surface area contributed by atoms with Gasteiger partial charge in [-0.25, -0.2) is 0 Å². The fourth-order valence-corrected chi connectivity index (χ4v) is 5.16. The smallest absolute Gasteiger partial charge is 0.303 e. The zero-order valence-electron chi connectivity index (χ0n) is 23.2. The van der Waals surface area contributed by atoms with Crippen LogP contribution in [0.15, 0.2) is 0 Å². The van der Waals surface area contributed by atoms with Gasteiger partial charge in [0.05, 0.1) is 6.04 Å². The number of nitrogens with two attached hydrogens (primary N) is 1. The van der Waals surface area contributed by atoms with Crippen LogP contribution in [0.25, 0.3) is 0 Å². The highest BCUT2D eigenvalue weighted by Crippen LogP contribution is 2.18. The van der Waals surface area contributed by atoms with E-state index in [9.17, 15) is 28.8 Å². The third kappa shape index (κ3) is 10.1. The van der Waals surface area contributed by atoms with Gasteiger partial charge in [0.15, 0.2) is 0 Å². The number of likely N-dealkylation sites (tertiary alicyclic amines) is 2. The lowest BCUT2D eigenvalue weighted by Crippen LogP contribution is -2.47. The second-order valence-electron chi connectivity index (χ2n) is 10.2. The maximum absolute atomic E-state index is 12.9. The second-order valence-corrected chi connectivity index (χ2v) is 10.2. The Kier molecular flexibility index (Phi) is 13.1. The molecule has 220 valence electrons. The highest BCUT2D eigenvalue weighted by Gasteiger charge is 2.33. The van der Waals surface area contributed by atoms with Gasteiger partial charge in [-0.2, -0.15) is 0 Å². The van der Waals surface area contributed by atoms with E-state index in [0.29, 0.717) is 71.4 Å². The molecule has 0 aromatic rings. The quantitative estimate of drug-likeness (QED) is 0.195. The Labute approximate surface area is 229 Å². The van der Waals surface area contributed by atoms with Crippen molar-refractivity contribution in [2.75, 3.05) is 39.3 Å². The second kappa shape index (κ2) is 16.0. The predicted molar refractivity (Wildman–Crippen MR) is 142 cm³/mol. The van der Waals surface area contributed by atoms with Gasteiger partial charge in [-0.05, 0) is 51.4 Å². The van der Waals surface area contributed by atoms with Gasteiger partial charge in [0, 0.05) is 59.5 Å². The van der Waals surface area contributed by atoms with Gasteiger partial charge in [-0.1, -0.05) is 0 Å². The Morgan fingerprint density at radius 1 is 0.846 bits per heavy atom. The van der Waals surface area contributed by atoms with E-state index in [1.165, 1.54) is 13.8 Å². The molecule has 2 aliphatic rings. The summed E-state index contributed by atoms with van der Waals surface area (Å²) in [4.78, 5) is 77.0. The average molecular weight is 553 g/mol. The van der Waals surface area contributed by atoms with Crippen molar-refractivity contribution in [1.82, 2.24) is 25.3 Å². The average Bonchev–Trinajstić information content (AvgIpc) is 3.58. The molecule has 2 aliphatic heterocycles. The molecule has 0 aromatic heterocycles. The zero-order valence-corrected chi connectivity index (χ0v) is 23.2. The summed E-state index contributed by atoms with van der Waals surface area (Å²) in [5, 5.41) is 14.6. The first-order valence-electron chi connectivity index (χ1n) is 13.9. The number of aliphatic carboxylic acids is 1. The first kappa shape index (κ1) is 32.0. The molecule has 0 aliphatic carbocycles. The van der Waals surface area contributed by atoms with Crippen LogP contribution >= 0.6 is 0 Å². The third-order valence-electron chi connectivity index (χ3n) is 7.28. The molecular formula is C26H44N6O7. The van der Waals surface area contributed by atoms with Gasteiger partial charge in [-0.3, -0.25) is 28.8 Å². The number of carboxylic acids is 1. The summed E-state index contributed by atoms with van der Waals surface area (Å²) in [6.07, 6.45) is 4.31. The summed E-state index contributed by atoms with van der Waals surface area (Å²) in [6.45, 7) is 5.47. The zero-order chi connectivity index (χ0) is 28.9. The molecule has 0 radical (unpaired) electrons. The van der Waals surface area contributed by atoms with Crippen LogP contribution in [0, 0.1) is 0 Å². The highest BCUT2D eigenvalue weighted by molar-refractivity contribution is 5.88. The molecule has 0 saturated carbocycles. The van der Waals surface area contributed by atoms with Crippen LogP contribution in [0.3, 0.4) is 0 Å². The molecule has 0 spiro atoms. The fraction of sp³-hybridized carbons (Fsp3) is 0.769. The number of carbonyl (C=O) groups is 6. The largest absolute Gasteiger partial charge is 0.481 e. The SMILES string of the molecule is CC(=O)N1CCCC1C(=O)NCCCCN(CCCNC(=O)C1CCCN1C(C)=O)C(=O)C(N)CCC(=O)O. The van der Waals surface area contributed by atoms with E-state index in [2.05, 4.69) is 10.6 Å². The van der Waals surface area contributed by atoms with Gasteiger partial charge >= 0.3 is 5.97 Å². The van der Waals surface area contributed by atoms with Crippen LogP contribution < -0.4 is 16.4 Å². The van der Waals surface area contributed by atoms with Gasteiger partial charge < -0.3 is 36.2 Å². The molecule has 5 amide bonds. The molecule has 2 rings (SSSR count). The van der Waals surface area contributed by atoms with Crippen molar-refractivity contribution in [3.63, 3.8) is 0 Å². The van der Waals surface area contributed by atoms with Gasteiger partial charge in [0.1, 0.15) is 12.1 Å². The van der Waals surface area contributed by atoms with Crippen LogP contribution in [-0.4, -0.2) is 113 Å². The number of hydrogen-bond acceptors (Lipinski definition) is 7. The molecule has 13 nitrogen and oxygen atoms in total. The number of nitrogens with one attached hydrogen (secondary N) is 2. The van der Waals surface area contributed by atoms with Gasteiger partial charge in [0.25, 0.3) is 0 Å². The van der Waals surface area contributed by atoms with E-state index in [1.54, 1.807) is 14.7 Å². The summed E-state index contributed by atoms with van der Waals surface area (Å²) in [5.41, 5.74) is 5.97. The van der Waals surface area contributed by atoms with E-state index < -0.39 is 24.1 Å². The fourth-order valence-electron chi connectivity index (χ4n) is 5.16. The minimum Gasteiger partial charge on any atom is -0.481 e. The molecule has 2 saturated heterocycles. The normalized spacial score (nSPS) is 19.5. The van der Waals surface area contributed by atoms with E-state index in [0.717, 1.165) is 12.8 Å². The number of amides is 5. The Hall–Kier alpha value is -3.22. The van der Waals surface area contributed by atoms with Crippen molar-refractivity contribution in [3.05, 3.63) is 0 Å². The lowest BCUT2D eigenvalue weighted by Gasteiger charge is -2.26. The number of rotatable bonds is 15. The summed E-state index contributed by atoms with van der Waals surface area (Å²) < 4.78 is 0. The van der Waals surface area contributed by atoms with Crippen molar-refractivity contribution < 1.29 is 33.9 Å². The summed E-state index contributed by atoms with van der Waals surface area (Å²) in [7, 11) is 0. The Morgan fingerprint density at radius 3 is 1.82 bits per heavy atom. The molecule has 3 atom stereocenters. The predicted octanol–water partition coefficient (Wildman–Crippen LogP) is -0.568. The van der Waals surface area contributed by atoms with Crippen LogP contribution in [0.4, 0.5) is 0 Å². The Balaban J connectivity index is 1.80. The van der Waals surface area contributed by atoms with Crippen molar-refractivity contribution >= 4 is 35.5 Å². The summed E-state index contributed by atoms with van der Waals surface area (Å²) >= 11 is 0. The van der Waals surface area contributed by atoms with Crippen molar-refractivity contribution in [2.45, 2.75) is 89.8 Å². The molecule has 13 heteroatoms. The molecule has 0 bridgehead atoms. The Bertz CT molecular complexity index is 898. The molecule has 39 heavy (non-hydrogen) atoms. The molecule has 0 aromatic carbocycles. The molecular weight excluding hydrogens is 508 g/mol. The van der Waals surface area contributed by atoms with E-state index in [1.807, 2.05) is 0 Å². The molecule has 3 unspecified atom stereocenters. The number of carboxylic acid groups (broad SMARTS) is 1. The van der Waals surface area contributed by atoms with Crippen LogP contribution in [0.1, 0.15) is 71.6 Å². The minimum atomic E-state index is -1.03. The first-order chi connectivity index (χ1) is 18.5.